The van der Waals surface area contributed by atoms with Crippen molar-refractivity contribution in [2.45, 2.75) is 213 Å². The molecule has 1 atom stereocenters. The van der Waals surface area contributed by atoms with Crippen LogP contribution in [0, 0.1) is 0 Å². The van der Waals surface area contributed by atoms with E-state index >= 15 is 0 Å². The van der Waals surface area contributed by atoms with Gasteiger partial charge in [-0.25, -0.2) is 0 Å². The predicted molar refractivity (Wildman–Crippen MR) is 177 cm³/mol. The molecule has 0 radical (unpaired) electrons. The van der Waals surface area contributed by atoms with Crippen LogP contribution in [0.5, 0.6) is 0 Å². The minimum absolute atomic E-state index is 0.641. The summed E-state index contributed by atoms with van der Waals surface area (Å²) in [5.41, 5.74) is 0. The molecule has 0 bridgehead atoms. The zero-order valence-electron chi connectivity index (χ0n) is 27.5. The lowest BCUT2D eigenvalue weighted by Gasteiger charge is -2.33. The Kier molecular flexibility index (Phi) is 26.9. The summed E-state index contributed by atoms with van der Waals surface area (Å²) in [7, 11) is 0. The summed E-state index contributed by atoms with van der Waals surface area (Å²) in [6, 6.07) is 0. The van der Waals surface area contributed by atoms with Gasteiger partial charge in [0.15, 0.2) is 0 Å². The van der Waals surface area contributed by atoms with E-state index in [1.54, 1.807) is 0 Å². The summed E-state index contributed by atoms with van der Waals surface area (Å²) in [5, 5.41) is 0. The highest BCUT2D eigenvalue weighted by atomic mass is 15.4. The second kappa shape index (κ2) is 28.9. The van der Waals surface area contributed by atoms with E-state index in [2.05, 4.69) is 43.0 Å². The van der Waals surface area contributed by atoms with Crippen LogP contribution < -0.4 is 0 Å². The third-order valence-electron chi connectivity index (χ3n) is 9.07. The number of hydrogen-bond acceptors (Lipinski definition) is 2. The first kappa shape index (κ1) is 36.4. The predicted octanol–water partition coefficient (Wildman–Crippen LogP) is 12.8. The molecule has 0 spiro atoms. The molecule has 1 rings (SSSR count). The second-order valence-electron chi connectivity index (χ2n) is 12.9. The van der Waals surface area contributed by atoms with Gasteiger partial charge < -0.3 is 9.80 Å². The lowest BCUT2D eigenvalue weighted by atomic mass is 10.0. The molecule has 0 saturated carbocycles. The van der Waals surface area contributed by atoms with E-state index < -0.39 is 0 Å². The summed E-state index contributed by atoms with van der Waals surface area (Å²) < 4.78 is 0. The Hall–Kier alpha value is -0.660. The summed E-state index contributed by atoms with van der Waals surface area (Å²) in [4.78, 5) is 5.40. The van der Waals surface area contributed by atoms with Gasteiger partial charge in [-0.3, -0.25) is 0 Å². The summed E-state index contributed by atoms with van der Waals surface area (Å²) in [6.07, 6.45) is 47.0. The molecule has 232 valence electrons. The zero-order valence-corrected chi connectivity index (χ0v) is 27.5. The molecule has 0 fully saturated rings. The first-order valence-corrected chi connectivity index (χ1v) is 18.5. The van der Waals surface area contributed by atoms with Gasteiger partial charge in [0.1, 0.15) is 6.17 Å². The van der Waals surface area contributed by atoms with E-state index in [1.165, 1.54) is 199 Å². The molecule has 0 aliphatic carbocycles. The Balaban J connectivity index is 2.15. The monoisotopic (exact) mass is 547 g/mol. The summed E-state index contributed by atoms with van der Waals surface area (Å²) >= 11 is 0. The maximum absolute atomic E-state index is 2.71. The Bertz CT molecular complexity index is 502. The van der Waals surface area contributed by atoms with Crippen LogP contribution in [0.1, 0.15) is 207 Å². The van der Waals surface area contributed by atoms with Crippen molar-refractivity contribution < 1.29 is 0 Å². The number of nitrogens with zero attached hydrogens (tertiary/aromatic N) is 2. The van der Waals surface area contributed by atoms with Crippen LogP contribution in [-0.4, -0.2) is 29.1 Å². The minimum atomic E-state index is 0.641. The van der Waals surface area contributed by atoms with E-state index in [9.17, 15) is 0 Å². The van der Waals surface area contributed by atoms with Gasteiger partial charge in [0, 0.05) is 25.5 Å². The molecule has 0 aromatic rings. The molecule has 39 heavy (non-hydrogen) atoms. The fourth-order valence-corrected chi connectivity index (χ4v) is 6.36. The number of hydrogen-bond donors (Lipinski definition) is 0. The Labute approximate surface area is 248 Å². The Morgan fingerprint density at radius 3 is 0.897 bits per heavy atom. The fraction of sp³-hybridized carbons (Fsp3) is 0.946. The molecule has 0 N–H and O–H groups in total. The van der Waals surface area contributed by atoms with Gasteiger partial charge in [0.05, 0.1) is 0 Å². The molecule has 0 saturated heterocycles. The van der Waals surface area contributed by atoms with Crippen molar-refractivity contribution in [1.82, 2.24) is 9.80 Å². The second-order valence-corrected chi connectivity index (χ2v) is 12.9. The van der Waals surface area contributed by atoms with E-state index in [4.69, 9.17) is 0 Å². The molecule has 2 nitrogen and oxygen atoms in total. The molecule has 1 heterocycles. The summed E-state index contributed by atoms with van der Waals surface area (Å²) in [5.74, 6) is 0. The quantitative estimate of drug-likeness (QED) is 0.0798. The molecular weight excluding hydrogens is 472 g/mol. The van der Waals surface area contributed by atoms with Gasteiger partial charge in [0.25, 0.3) is 0 Å². The highest BCUT2D eigenvalue weighted by Gasteiger charge is 2.24. The summed E-state index contributed by atoms with van der Waals surface area (Å²) in [6.45, 7) is 9.47. The maximum Gasteiger partial charge on any atom is 0.101 e. The SMILES string of the molecule is CCCCCCCCCCCCCCCCN1C=CN(CCCCCCC)C1CCCCCCCCCCC. The van der Waals surface area contributed by atoms with Crippen LogP contribution in [0.25, 0.3) is 0 Å². The van der Waals surface area contributed by atoms with Crippen molar-refractivity contribution in [1.29, 1.82) is 0 Å². The molecule has 1 aliphatic rings. The smallest absolute Gasteiger partial charge is 0.101 e. The average Bonchev–Trinajstić information content (AvgIpc) is 3.33. The van der Waals surface area contributed by atoms with Crippen LogP contribution in [-0.2, 0) is 0 Å². The normalized spacial score (nSPS) is 15.2. The number of rotatable bonds is 31. The minimum Gasteiger partial charge on any atom is -0.356 e. The maximum atomic E-state index is 2.71. The van der Waals surface area contributed by atoms with E-state index in [-0.39, 0.29) is 0 Å². The van der Waals surface area contributed by atoms with Gasteiger partial charge in [-0.15, -0.1) is 0 Å². The molecular formula is C37H74N2. The fourth-order valence-electron chi connectivity index (χ4n) is 6.36. The van der Waals surface area contributed by atoms with Crippen LogP contribution >= 0.6 is 0 Å². The van der Waals surface area contributed by atoms with Crippen molar-refractivity contribution in [2.75, 3.05) is 13.1 Å². The molecule has 1 aliphatic heterocycles. The van der Waals surface area contributed by atoms with Crippen molar-refractivity contribution in [3.8, 4) is 0 Å². The van der Waals surface area contributed by atoms with E-state index in [1.807, 2.05) is 0 Å². The zero-order chi connectivity index (χ0) is 28.1. The van der Waals surface area contributed by atoms with Crippen molar-refractivity contribution >= 4 is 0 Å². The lowest BCUT2D eigenvalue weighted by molar-refractivity contribution is 0.135. The van der Waals surface area contributed by atoms with E-state index in [0.717, 1.165) is 0 Å². The number of unbranched alkanes of at least 4 members (excludes halogenated alkanes) is 25. The average molecular weight is 547 g/mol. The Morgan fingerprint density at radius 1 is 0.333 bits per heavy atom. The highest BCUT2D eigenvalue weighted by Crippen LogP contribution is 2.24. The highest BCUT2D eigenvalue weighted by molar-refractivity contribution is 4.97. The van der Waals surface area contributed by atoms with Gasteiger partial charge in [-0.05, 0) is 25.7 Å². The standard InChI is InChI=1S/C37H74N2/c1-4-7-10-13-15-17-18-19-20-21-23-25-28-31-34-39-36-35-38(33-30-27-12-9-6-3)37(39)32-29-26-24-22-16-14-11-8-5-2/h35-37H,4-34H2,1-3H3. The van der Waals surface area contributed by atoms with Crippen LogP contribution in [0.4, 0.5) is 0 Å². The topological polar surface area (TPSA) is 6.48 Å². The van der Waals surface area contributed by atoms with E-state index in [0.29, 0.717) is 6.17 Å². The van der Waals surface area contributed by atoms with Gasteiger partial charge in [-0.1, -0.05) is 181 Å². The Morgan fingerprint density at radius 2 is 0.590 bits per heavy atom. The molecule has 0 aromatic heterocycles. The molecule has 0 amide bonds. The largest absolute Gasteiger partial charge is 0.356 e. The third-order valence-corrected chi connectivity index (χ3v) is 9.07. The molecule has 2 heteroatoms. The van der Waals surface area contributed by atoms with Crippen molar-refractivity contribution in [3.05, 3.63) is 12.4 Å². The first-order chi connectivity index (χ1) is 19.3. The molecule has 0 aromatic carbocycles. The first-order valence-electron chi connectivity index (χ1n) is 18.5. The lowest BCUT2D eigenvalue weighted by Crippen LogP contribution is -2.39. The van der Waals surface area contributed by atoms with Crippen molar-refractivity contribution in [3.63, 3.8) is 0 Å². The molecule has 1 unspecified atom stereocenters. The van der Waals surface area contributed by atoms with Crippen LogP contribution in [0.15, 0.2) is 12.4 Å². The van der Waals surface area contributed by atoms with Crippen LogP contribution in [0.2, 0.25) is 0 Å². The van der Waals surface area contributed by atoms with Gasteiger partial charge in [-0.2, -0.15) is 0 Å². The third kappa shape index (κ3) is 21.7. The van der Waals surface area contributed by atoms with Crippen LogP contribution in [0.3, 0.4) is 0 Å². The van der Waals surface area contributed by atoms with Gasteiger partial charge >= 0.3 is 0 Å². The van der Waals surface area contributed by atoms with Crippen molar-refractivity contribution in [2.24, 2.45) is 0 Å². The van der Waals surface area contributed by atoms with Gasteiger partial charge in [0.2, 0.25) is 0 Å².